The molecule has 0 saturated heterocycles. The molecule has 2 aromatic heterocycles. The Morgan fingerprint density at radius 3 is 2.86 bits per heavy atom. The number of pyridine rings is 1. The van der Waals surface area contributed by atoms with E-state index in [1.807, 2.05) is 13.1 Å². The third-order valence-electron chi connectivity index (χ3n) is 3.67. The molecular formula is C16H23N3OS. The summed E-state index contributed by atoms with van der Waals surface area (Å²) in [6, 6.07) is 6.35. The van der Waals surface area contributed by atoms with Gasteiger partial charge in [-0.2, -0.15) is 11.3 Å². The van der Waals surface area contributed by atoms with Crippen molar-refractivity contribution in [3.63, 3.8) is 0 Å². The van der Waals surface area contributed by atoms with Gasteiger partial charge in [-0.25, -0.2) is 4.98 Å². The number of thiophene rings is 1. The van der Waals surface area contributed by atoms with Gasteiger partial charge in [-0.1, -0.05) is 13.0 Å². The highest BCUT2D eigenvalue weighted by molar-refractivity contribution is 7.07. The van der Waals surface area contributed by atoms with Crippen LogP contribution in [-0.2, 0) is 13.1 Å². The molecule has 2 rings (SSSR count). The summed E-state index contributed by atoms with van der Waals surface area (Å²) in [7, 11) is 1.89. The fraction of sp³-hybridized carbons (Fsp3) is 0.438. The summed E-state index contributed by atoms with van der Waals surface area (Å²) in [6.45, 7) is 3.92. The van der Waals surface area contributed by atoms with Crippen LogP contribution in [-0.4, -0.2) is 34.7 Å². The molecule has 1 unspecified atom stereocenters. The molecule has 0 bridgehead atoms. The maximum atomic E-state index is 9.66. The number of aromatic nitrogens is 1. The van der Waals surface area contributed by atoms with Crippen molar-refractivity contribution in [2.75, 3.05) is 19.0 Å². The second-order valence-corrected chi connectivity index (χ2v) is 5.82. The molecule has 0 spiro atoms. The Kier molecular flexibility index (Phi) is 6.17. The normalized spacial score (nSPS) is 12.6. The average Bonchev–Trinajstić information content (AvgIpc) is 3.02. The van der Waals surface area contributed by atoms with Gasteiger partial charge in [0.25, 0.3) is 0 Å². The minimum Gasteiger partial charge on any atom is -0.395 e. The number of hydrogen-bond donors (Lipinski definition) is 2. The molecule has 1 atom stereocenters. The van der Waals surface area contributed by atoms with E-state index in [1.165, 1.54) is 5.56 Å². The van der Waals surface area contributed by atoms with Gasteiger partial charge in [0, 0.05) is 37.9 Å². The van der Waals surface area contributed by atoms with Gasteiger partial charge in [0.05, 0.1) is 6.61 Å². The van der Waals surface area contributed by atoms with Crippen molar-refractivity contribution in [1.82, 2.24) is 9.88 Å². The predicted molar refractivity (Wildman–Crippen MR) is 88.5 cm³/mol. The minimum absolute atomic E-state index is 0.162. The van der Waals surface area contributed by atoms with Gasteiger partial charge in [0.15, 0.2) is 0 Å². The molecule has 0 radical (unpaired) electrons. The molecule has 2 N–H and O–H groups in total. The molecule has 0 aliphatic rings. The van der Waals surface area contributed by atoms with E-state index in [1.54, 1.807) is 17.5 Å². The summed E-state index contributed by atoms with van der Waals surface area (Å²) in [5, 5.41) is 17.1. The zero-order valence-electron chi connectivity index (χ0n) is 12.6. The van der Waals surface area contributed by atoms with Crippen molar-refractivity contribution in [2.24, 2.45) is 0 Å². The highest BCUT2D eigenvalue weighted by atomic mass is 32.1. The van der Waals surface area contributed by atoms with E-state index in [0.717, 1.165) is 30.9 Å². The van der Waals surface area contributed by atoms with E-state index in [0.29, 0.717) is 0 Å². The van der Waals surface area contributed by atoms with Crippen LogP contribution in [0.25, 0.3) is 0 Å². The monoisotopic (exact) mass is 305 g/mol. The molecule has 0 aliphatic heterocycles. The van der Waals surface area contributed by atoms with Gasteiger partial charge in [0.1, 0.15) is 5.82 Å². The van der Waals surface area contributed by atoms with Gasteiger partial charge >= 0.3 is 0 Å². The second-order valence-electron chi connectivity index (χ2n) is 5.04. The first-order chi connectivity index (χ1) is 10.3. The Bertz CT molecular complexity index is 526. The lowest BCUT2D eigenvalue weighted by Gasteiger charge is -2.30. The van der Waals surface area contributed by atoms with Crippen LogP contribution < -0.4 is 5.32 Å². The molecule has 0 fully saturated rings. The maximum absolute atomic E-state index is 9.66. The summed E-state index contributed by atoms with van der Waals surface area (Å²) < 4.78 is 0. The van der Waals surface area contributed by atoms with E-state index in [-0.39, 0.29) is 12.6 Å². The third kappa shape index (κ3) is 4.27. The molecule has 2 heterocycles. The quantitative estimate of drug-likeness (QED) is 0.787. The Labute approximate surface area is 130 Å². The molecule has 21 heavy (non-hydrogen) atoms. The molecule has 5 heteroatoms. The van der Waals surface area contributed by atoms with E-state index in [2.05, 4.69) is 45.0 Å². The Morgan fingerprint density at radius 2 is 2.24 bits per heavy atom. The van der Waals surface area contributed by atoms with E-state index in [9.17, 15) is 5.11 Å². The molecule has 0 saturated carbocycles. The number of nitrogens with zero attached hydrogens (tertiary/aromatic N) is 2. The summed E-state index contributed by atoms with van der Waals surface area (Å²) in [4.78, 5) is 6.68. The van der Waals surface area contributed by atoms with Crippen LogP contribution in [0.2, 0.25) is 0 Å². The van der Waals surface area contributed by atoms with Gasteiger partial charge < -0.3 is 10.4 Å². The zero-order valence-corrected chi connectivity index (χ0v) is 13.4. The molecule has 114 valence electrons. The number of hydrogen-bond acceptors (Lipinski definition) is 5. The number of aliphatic hydroxyl groups is 1. The maximum Gasteiger partial charge on any atom is 0.130 e. The Balaban J connectivity index is 2.18. The molecule has 0 amide bonds. The molecule has 4 nitrogen and oxygen atoms in total. The van der Waals surface area contributed by atoms with Crippen molar-refractivity contribution in [3.8, 4) is 0 Å². The first kappa shape index (κ1) is 15.9. The van der Waals surface area contributed by atoms with E-state index in [4.69, 9.17) is 0 Å². The standard InChI is InChI=1S/C16H23N3OS/c1-3-15(11-20)19(9-13-6-8-21-12-13)10-14-5-4-7-18-16(14)17-2/h4-8,12,15,20H,3,9-11H2,1-2H3,(H,17,18). The number of rotatable bonds is 8. The lowest BCUT2D eigenvalue weighted by molar-refractivity contribution is 0.107. The van der Waals surface area contributed by atoms with Gasteiger partial charge in [-0.05, 0) is 34.9 Å². The van der Waals surface area contributed by atoms with Crippen LogP contribution in [0.1, 0.15) is 24.5 Å². The van der Waals surface area contributed by atoms with Crippen molar-refractivity contribution in [3.05, 3.63) is 46.3 Å². The summed E-state index contributed by atoms with van der Waals surface area (Å²) in [5.41, 5.74) is 2.45. The van der Waals surface area contributed by atoms with Crippen molar-refractivity contribution < 1.29 is 5.11 Å². The summed E-state index contributed by atoms with van der Waals surface area (Å²) >= 11 is 1.71. The summed E-state index contributed by atoms with van der Waals surface area (Å²) in [5.74, 6) is 0.903. The van der Waals surface area contributed by atoms with Crippen LogP contribution in [0.15, 0.2) is 35.2 Å². The van der Waals surface area contributed by atoms with Crippen molar-refractivity contribution in [2.45, 2.75) is 32.5 Å². The Morgan fingerprint density at radius 1 is 1.38 bits per heavy atom. The SMILES string of the molecule is CCC(CO)N(Cc1ccsc1)Cc1cccnc1NC. The number of nitrogens with one attached hydrogen (secondary N) is 1. The zero-order chi connectivity index (χ0) is 15.1. The van der Waals surface area contributed by atoms with Gasteiger partial charge in [-0.15, -0.1) is 0 Å². The van der Waals surface area contributed by atoms with Crippen LogP contribution in [0.4, 0.5) is 5.82 Å². The smallest absolute Gasteiger partial charge is 0.130 e. The highest BCUT2D eigenvalue weighted by Crippen LogP contribution is 2.20. The van der Waals surface area contributed by atoms with E-state index < -0.39 is 0 Å². The third-order valence-corrected chi connectivity index (χ3v) is 4.40. The van der Waals surface area contributed by atoms with Crippen LogP contribution in [0, 0.1) is 0 Å². The molecule has 0 aromatic carbocycles. The average molecular weight is 305 g/mol. The largest absolute Gasteiger partial charge is 0.395 e. The number of anilines is 1. The van der Waals surface area contributed by atoms with Crippen molar-refractivity contribution >= 4 is 17.2 Å². The topological polar surface area (TPSA) is 48.4 Å². The Hall–Kier alpha value is -1.43. The van der Waals surface area contributed by atoms with E-state index >= 15 is 0 Å². The van der Waals surface area contributed by atoms with Crippen LogP contribution in [0.3, 0.4) is 0 Å². The lowest BCUT2D eigenvalue weighted by atomic mass is 10.1. The highest BCUT2D eigenvalue weighted by Gasteiger charge is 2.18. The molecule has 2 aromatic rings. The lowest BCUT2D eigenvalue weighted by Crippen LogP contribution is -2.36. The summed E-state index contributed by atoms with van der Waals surface area (Å²) in [6.07, 6.45) is 2.72. The van der Waals surface area contributed by atoms with Crippen molar-refractivity contribution in [1.29, 1.82) is 0 Å². The fourth-order valence-electron chi connectivity index (χ4n) is 2.44. The molecule has 0 aliphatic carbocycles. The van der Waals surface area contributed by atoms with Crippen LogP contribution in [0.5, 0.6) is 0 Å². The first-order valence-electron chi connectivity index (χ1n) is 7.26. The fourth-order valence-corrected chi connectivity index (χ4v) is 3.10. The first-order valence-corrected chi connectivity index (χ1v) is 8.20. The minimum atomic E-state index is 0.162. The predicted octanol–water partition coefficient (Wildman–Crippen LogP) is 2.96. The van der Waals surface area contributed by atoms with Gasteiger partial charge in [0.2, 0.25) is 0 Å². The number of aliphatic hydroxyl groups excluding tert-OH is 1. The molecular weight excluding hydrogens is 282 g/mol. The van der Waals surface area contributed by atoms with Gasteiger partial charge in [-0.3, -0.25) is 4.90 Å². The second kappa shape index (κ2) is 8.12. The van der Waals surface area contributed by atoms with Crippen LogP contribution >= 0.6 is 11.3 Å².